The van der Waals surface area contributed by atoms with Gasteiger partial charge in [0.1, 0.15) is 24.1 Å². The van der Waals surface area contributed by atoms with E-state index in [0.29, 0.717) is 18.9 Å². The van der Waals surface area contributed by atoms with Crippen LogP contribution < -0.4 is 19.9 Å². The molecule has 6 rings (SSSR count). The summed E-state index contributed by atoms with van der Waals surface area (Å²) >= 11 is 0. The van der Waals surface area contributed by atoms with Crippen LogP contribution >= 0.6 is 0 Å². The molecule has 1 saturated carbocycles. The predicted octanol–water partition coefficient (Wildman–Crippen LogP) is 4.13. The van der Waals surface area contributed by atoms with Crippen LogP contribution in [0.1, 0.15) is 72.0 Å². The van der Waals surface area contributed by atoms with Crippen molar-refractivity contribution < 1.29 is 24.7 Å². The first-order valence-corrected chi connectivity index (χ1v) is 13.7. The second-order valence-electron chi connectivity index (χ2n) is 10.6. The van der Waals surface area contributed by atoms with Crippen molar-refractivity contribution in [2.45, 2.75) is 63.1 Å². The monoisotopic (exact) mass is 510 g/mol. The maximum atomic E-state index is 12.0. The van der Waals surface area contributed by atoms with E-state index in [0.717, 1.165) is 44.8 Å². The molecule has 1 aromatic heterocycles. The summed E-state index contributed by atoms with van der Waals surface area (Å²) in [7, 11) is 1.67. The number of para-hydroxylation sites is 2. The molecule has 2 aliphatic rings. The Bertz CT molecular complexity index is 1450. The van der Waals surface area contributed by atoms with Gasteiger partial charge < -0.3 is 29.7 Å². The summed E-state index contributed by atoms with van der Waals surface area (Å²) in [6.07, 6.45) is 6.72. The molecule has 0 bridgehead atoms. The molecular weight excluding hydrogens is 476 g/mol. The van der Waals surface area contributed by atoms with E-state index < -0.39 is 12.0 Å². The molecule has 2 heterocycles. The molecule has 2 atom stereocenters. The summed E-state index contributed by atoms with van der Waals surface area (Å²) in [4.78, 5) is 15.6. The van der Waals surface area contributed by atoms with Gasteiger partial charge in [-0.05, 0) is 60.2 Å². The Labute approximate surface area is 223 Å². The van der Waals surface area contributed by atoms with Crippen LogP contribution in [0, 0.1) is 0 Å². The van der Waals surface area contributed by atoms with Gasteiger partial charge in [0, 0.05) is 28.5 Å². The Hall–Kier alpha value is -3.77. The molecular formula is C32H34N2O4. The van der Waals surface area contributed by atoms with Crippen molar-refractivity contribution in [3.63, 3.8) is 0 Å². The number of aromatic amines is 1. The van der Waals surface area contributed by atoms with Crippen molar-refractivity contribution >= 4 is 16.9 Å². The van der Waals surface area contributed by atoms with Gasteiger partial charge in [0.25, 0.3) is 0 Å². The molecule has 196 valence electrons. The smallest absolute Gasteiger partial charge is 0.153 e. The molecule has 0 amide bonds. The van der Waals surface area contributed by atoms with E-state index in [4.69, 9.17) is 9.47 Å². The second-order valence-corrected chi connectivity index (χ2v) is 10.6. The Morgan fingerprint density at radius 1 is 1.00 bits per heavy atom. The maximum absolute atomic E-state index is 12.0. The number of rotatable bonds is 7. The first-order valence-electron chi connectivity index (χ1n) is 13.7. The van der Waals surface area contributed by atoms with Crippen molar-refractivity contribution in [2.75, 3.05) is 7.11 Å². The molecule has 1 aliphatic carbocycles. The quantitative estimate of drug-likeness (QED) is 0.391. The van der Waals surface area contributed by atoms with E-state index in [2.05, 4.69) is 35.3 Å². The Morgan fingerprint density at radius 2 is 1.79 bits per heavy atom. The molecule has 3 N–H and O–H groups in total. The summed E-state index contributed by atoms with van der Waals surface area (Å²) in [5.41, 5.74) is 6.35. The van der Waals surface area contributed by atoms with Crippen LogP contribution in [0.15, 0.2) is 66.7 Å². The third-order valence-corrected chi connectivity index (χ3v) is 8.32. The number of carboxylic acids is 1. The molecule has 0 unspecified atom stereocenters. The fourth-order valence-corrected chi connectivity index (χ4v) is 6.39. The largest absolute Gasteiger partial charge is 0.544 e. The number of carbonyl (C=O) groups excluding carboxylic acids is 1. The van der Waals surface area contributed by atoms with Gasteiger partial charge in [-0.2, -0.15) is 0 Å². The molecule has 4 aromatic rings. The minimum atomic E-state index is -1.04. The zero-order chi connectivity index (χ0) is 26.1. The van der Waals surface area contributed by atoms with Gasteiger partial charge in [0.05, 0.1) is 18.8 Å². The summed E-state index contributed by atoms with van der Waals surface area (Å²) < 4.78 is 12.1. The standard InChI is InChI=1S/C32H34N2O4/c1-37-28-16-15-21(17-22(28)19-38-29-14-8-6-11-23(29)20-9-3-2-4-10-20)30-31-25(18-27(34-30)32(35)36)24-12-5-7-13-26(24)33-31/h5-8,11-17,20,27,30,33-34H,2-4,9-10,18-19H2,1H3,(H,35,36)/t27-,30-/m1/s1. The van der Waals surface area contributed by atoms with Crippen LogP contribution in [0.2, 0.25) is 0 Å². The number of hydrogen-bond donors (Lipinski definition) is 2. The highest BCUT2D eigenvalue weighted by atomic mass is 16.5. The van der Waals surface area contributed by atoms with Crippen LogP contribution in [-0.2, 0) is 17.8 Å². The van der Waals surface area contributed by atoms with E-state index in [1.807, 2.05) is 41.7 Å². The first kappa shape index (κ1) is 24.6. The van der Waals surface area contributed by atoms with Crippen LogP contribution in [0.3, 0.4) is 0 Å². The average Bonchev–Trinajstić information content (AvgIpc) is 3.35. The Balaban J connectivity index is 1.32. The number of ether oxygens (including phenoxy) is 2. The van der Waals surface area contributed by atoms with Crippen molar-refractivity contribution in [1.82, 2.24) is 4.98 Å². The lowest BCUT2D eigenvalue weighted by atomic mass is 9.84. The lowest BCUT2D eigenvalue weighted by Gasteiger charge is -2.29. The number of nitrogens with two attached hydrogens (primary N) is 1. The molecule has 0 spiro atoms. The van der Waals surface area contributed by atoms with Crippen molar-refractivity contribution in [2.24, 2.45) is 0 Å². The van der Waals surface area contributed by atoms with Crippen LogP contribution in [0.5, 0.6) is 11.5 Å². The highest BCUT2D eigenvalue weighted by Gasteiger charge is 2.35. The molecule has 6 heteroatoms. The van der Waals surface area contributed by atoms with Crippen LogP contribution in [0.25, 0.3) is 10.9 Å². The maximum Gasteiger partial charge on any atom is 0.153 e. The second kappa shape index (κ2) is 10.5. The number of hydrogen-bond acceptors (Lipinski definition) is 4. The number of quaternary nitrogens is 1. The molecule has 0 radical (unpaired) electrons. The van der Waals surface area contributed by atoms with E-state index in [1.54, 1.807) is 7.11 Å². The van der Waals surface area contributed by atoms with Crippen LogP contribution in [-0.4, -0.2) is 24.1 Å². The molecule has 6 nitrogen and oxygen atoms in total. The van der Waals surface area contributed by atoms with Gasteiger partial charge in [-0.3, -0.25) is 0 Å². The number of carboxylic acid groups (broad SMARTS) is 1. The van der Waals surface area contributed by atoms with Gasteiger partial charge in [-0.15, -0.1) is 0 Å². The van der Waals surface area contributed by atoms with E-state index >= 15 is 0 Å². The molecule has 3 aromatic carbocycles. The van der Waals surface area contributed by atoms with Gasteiger partial charge >= 0.3 is 0 Å². The SMILES string of the molecule is COc1ccc([C@H]2[NH2+][C@@H](C(=O)[O-])Cc3c2[nH]c2ccccc32)cc1COc1ccccc1C1CCCCC1. The highest BCUT2D eigenvalue weighted by molar-refractivity contribution is 5.86. The summed E-state index contributed by atoms with van der Waals surface area (Å²) in [5, 5.41) is 15.0. The Morgan fingerprint density at radius 3 is 2.61 bits per heavy atom. The fraction of sp³-hybridized carbons (Fsp3) is 0.344. The number of carbonyl (C=O) groups is 1. The number of aromatic nitrogens is 1. The minimum absolute atomic E-state index is 0.201. The third kappa shape index (κ3) is 4.65. The summed E-state index contributed by atoms with van der Waals surface area (Å²) in [5.74, 6) is 1.20. The average molecular weight is 511 g/mol. The Kier molecular flexibility index (Phi) is 6.81. The van der Waals surface area contributed by atoms with E-state index in [1.165, 1.54) is 37.7 Å². The number of H-pyrrole nitrogens is 1. The van der Waals surface area contributed by atoms with E-state index in [9.17, 15) is 9.90 Å². The summed E-state index contributed by atoms with van der Waals surface area (Å²) in [6.45, 7) is 0.372. The lowest BCUT2D eigenvalue weighted by molar-refractivity contribution is -0.717. The summed E-state index contributed by atoms with van der Waals surface area (Å²) in [6, 6.07) is 21.7. The lowest BCUT2D eigenvalue weighted by Crippen LogP contribution is -2.95. The third-order valence-electron chi connectivity index (χ3n) is 8.32. The molecule has 38 heavy (non-hydrogen) atoms. The van der Waals surface area contributed by atoms with Crippen molar-refractivity contribution in [1.29, 1.82) is 0 Å². The van der Waals surface area contributed by atoms with Crippen molar-refractivity contribution in [3.8, 4) is 11.5 Å². The number of fused-ring (bicyclic) bond motifs is 3. The molecule has 0 saturated heterocycles. The van der Waals surface area contributed by atoms with Crippen LogP contribution in [0.4, 0.5) is 0 Å². The number of benzene rings is 3. The van der Waals surface area contributed by atoms with Gasteiger partial charge in [-0.1, -0.05) is 55.7 Å². The highest BCUT2D eigenvalue weighted by Crippen LogP contribution is 2.38. The van der Waals surface area contributed by atoms with Gasteiger partial charge in [0.15, 0.2) is 6.04 Å². The molecule has 1 fully saturated rings. The number of methoxy groups -OCH3 is 1. The normalized spacial score (nSPS) is 19.7. The molecule has 1 aliphatic heterocycles. The zero-order valence-corrected chi connectivity index (χ0v) is 21.7. The van der Waals surface area contributed by atoms with Gasteiger partial charge in [0.2, 0.25) is 0 Å². The minimum Gasteiger partial charge on any atom is -0.544 e. The number of aliphatic carboxylic acids is 1. The van der Waals surface area contributed by atoms with E-state index in [-0.39, 0.29) is 6.04 Å². The predicted molar refractivity (Wildman–Crippen MR) is 144 cm³/mol. The zero-order valence-electron chi connectivity index (χ0n) is 21.7. The topological polar surface area (TPSA) is 91.0 Å². The number of nitrogens with one attached hydrogen (secondary N) is 1. The fourth-order valence-electron chi connectivity index (χ4n) is 6.39. The van der Waals surface area contributed by atoms with Gasteiger partial charge in [-0.25, -0.2) is 0 Å². The first-order chi connectivity index (χ1) is 18.6. The van der Waals surface area contributed by atoms with Crippen molar-refractivity contribution in [3.05, 3.63) is 94.7 Å².